The van der Waals surface area contributed by atoms with E-state index in [0.29, 0.717) is 6.54 Å². The van der Waals surface area contributed by atoms with Crippen molar-refractivity contribution in [3.05, 3.63) is 28.8 Å². The number of rotatable bonds is 6. The lowest BCUT2D eigenvalue weighted by atomic mass is 10.2. The van der Waals surface area contributed by atoms with E-state index in [1.54, 1.807) is 6.92 Å². The van der Waals surface area contributed by atoms with Crippen molar-refractivity contribution in [2.45, 2.75) is 32.7 Å². The molecule has 0 aromatic heterocycles. The molecule has 1 atom stereocenters. The molecule has 106 valence electrons. The van der Waals surface area contributed by atoms with Gasteiger partial charge in [-0.1, -0.05) is 24.9 Å². The van der Waals surface area contributed by atoms with Crippen molar-refractivity contribution in [2.24, 2.45) is 0 Å². The molecule has 19 heavy (non-hydrogen) atoms. The molecular formula is C13H17ClF2N2O. The van der Waals surface area contributed by atoms with Crippen molar-refractivity contribution >= 4 is 23.2 Å². The normalized spacial score (nSPS) is 12.1. The Labute approximate surface area is 116 Å². The highest BCUT2D eigenvalue weighted by molar-refractivity contribution is 6.33. The molecule has 1 aromatic rings. The fourth-order valence-electron chi connectivity index (χ4n) is 1.50. The van der Waals surface area contributed by atoms with Crippen LogP contribution >= 0.6 is 11.6 Å². The minimum atomic E-state index is -0.821. The molecule has 0 aliphatic carbocycles. The Balaban J connectivity index is 2.66. The summed E-state index contributed by atoms with van der Waals surface area (Å²) in [6.45, 7) is 4.17. The predicted octanol–water partition coefficient (Wildman–Crippen LogP) is 3.33. The first-order valence-corrected chi connectivity index (χ1v) is 6.52. The van der Waals surface area contributed by atoms with Crippen LogP contribution in [0.5, 0.6) is 0 Å². The van der Waals surface area contributed by atoms with Gasteiger partial charge in [0, 0.05) is 12.6 Å². The van der Waals surface area contributed by atoms with E-state index >= 15 is 0 Å². The van der Waals surface area contributed by atoms with Crippen molar-refractivity contribution in [1.82, 2.24) is 5.32 Å². The molecule has 0 heterocycles. The molecule has 2 N–H and O–H groups in total. The van der Waals surface area contributed by atoms with Crippen LogP contribution in [0.2, 0.25) is 5.02 Å². The molecule has 0 radical (unpaired) electrons. The molecule has 1 aromatic carbocycles. The number of hydrogen-bond donors (Lipinski definition) is 2. The molecular weight excluding hydrogens is 274 g/mol. The van der Waals surface area contributed by atoms with Crippen molar-refractivity contribution in [3.8, 4) is 0 Å². The lowest BCUT2D eigenvalue weighted by Gasteiger charge is -2.16. The lowest BCUT2D eigenvalue weighted by molar-refractivity contribution is -0.121. The van der Waals surface area contributed by atoms with Gasteiger partial charge in [-0.3, -0.25) is 4.79 Å². The number of halogens is 3. The molecule has 3 nitrogen and oxygen atoms in total. The van der Waals surface area contributed by atoms with E-state index in [1.165, 1.54) is 0 Å². The molecule has 0 fully saturated rings. The van der Waals surface area contributed by atoms with E-state index in [0.717, 1.165) is 25.0 Å². The van der Waals surface area contributed by atoms with Crippen LogP contribution < -0.4 is 10.6 Å². The second-order valence-corrected chi connectivity index (χ2v) is 4.66. The van der Waals surface area contributed by atoms with Crippen LogP contribution in [0.3, 0.4) is 0 Å². The van der Waals surface area contributed by atoms with Crippen LogP contribution in [-0.2, 0) is 4.79 Å². The number of amides is 1. The zero-order valence-corrected chi connectivity index (χ0v) is 11.7. The Hall–Kier alpha value is -1.36. The van der Waals surface area contributed by atoms with Crippen molar-refractivity contribution in [1.29, 1.82) is 0 Å². The van der Waals surface area contributed by atoms with E-state index in [-0.39, 0.29) is 16.6 Å². The largest absolute Gasteiger partial charge is 0.370 e. The van der Waals surface area contributed by atoms with Gasteiger partial charge in [0.15, 0.2) is 5.82 Å². The number of benzene rings is 1. The highest BCUT2D eigenvalue weighted by Crippen LogP contribution is 2.26. The Bertz CT molecular complexity index is 431. The summed E-state index contributed by atoms with van der Waals surface area (Å²) in [6.07, 6.45) is 1.85. The van der Waals surface area contributed by atoms with Gasteiger partial charge in [0.2, 0.25) is 5.91 Å². The van der Waals surface area contributed by atoms with Crippen molar-refractivity contribution in [3.63, 3.8) is 0 Å². The quantitative estimate of drug-likeness (QED) is 0.789. The van der Waals surface area contributed by atoms with Crippen LogP contribution in [0.4, 0.5) is 14.5 Å². The summed E-state index contributed by atoms with van der Waals surface area (Å²) >= 11 is 5.74. The van der Waals surface area contributed by atoms with Gasteiger partial charge in [-0.25, -0.2) is 8.78 Å². The van der Waals surface area contributed by atoms with E-state index < -0.39 is 17.7 Å². The third kappa shape index (κ3) is 4.67. The van der Waals surface area contributed by atoms with Gasteiger partial charge in [0.05, 0.1) is 10.7 Å². The Morgan fingerprint density at radius 1 is 1.42 bits per heavy atom. The van der Waals surface area contributed by atoms with Crippen LogP contribution in [0.1, 0.15) is 26.7 Å². The zero-order valence-electron chi connectivity index (χ0n) is 10.9. The maximum atomic E-state index is 13.5. The van der Waals surface area contributed by atoms with Gasteiger partial charge in [0.25, 0.3) is 0 Å². The second kappa shape index (κ2) is 7.28. The van der Waals surface area contributed by atoms with Gasteiger partial charge in [-0.2, -0.15) is 0 Å². The summed E-state index contributed by atoms with van der Waals surface area (Å²) in [6, 6.07) is 1.05. The third-order valence-corrected chi connectivity index (χ3v) is 2.89. The first-order valence-electron chi connectivity index (χ1n) is 6.14. The number of unbranched alkanes of at least 4 members (excludes halogenated alkanes) is 1. The smallest absolute Gasteiger partial charge is 0.242 e. The van der Waals surface area contributed by atoms with Gasteiger partial charge < -0.3 is 10.6 Å². The van der Waals surface area contributed by atoms with Gasteiger partial charge in [-0.05, 0) is 19.4 Å². The third-order valence-electron chi connectivity index (χ3n) is 2.59. The summed E-state index contributed by atoms with van der Waals surface area (Å²) in [5, 5.41) is 5.27. The van der Waals surface area contributed by atoms with Gasteiger partial charge >= 0.3 is 0 Å². The number of anilines is 1. The minimum absolute atomic E-state index is 0.0683. The number of carbonyl (C=O) groups excluding carboxylic acids is 1. The Morgan fingerprint density at radius 2 is 2.11 bits per heavy atom. The molecule has 1 rings (SSSR count). The van der Waals surface area contributed by atoms with Crippen molar-refractivity contribution < 1.29 is 13.6 Å². The van der Waals surface area contributed by atoms with Crippen molar-refractivity contribution in [2.75, 3.05) is 11.9 Å². The summed E-state index contributed by atoms with van der Waals surface area (Å²) in [7, 11) is 0. The summed E-state index contributed by atoms with van der Waals surface area (Å²) in [5.74, 6) is -1.83. The minimum Gasteiger partial charge on any atom is -0.370 e. The van der Waals surface area contributed by atoms with Gasteiger partial charge in [0.1, 0.15) is 11.9 Å². The van der Waals surface area contributed by atoms with Crippen LogP contribution in [0, 0.1) is 11.6 Å². The fraction of sp³-hybridized carbons (Fsp3) is 0.462. The molecule has 0 saturated carbocycles. The van der Waals surface area contributed by atoms with E-state index in [2.05, 4.69) is 10.6 Å². The Morgan fingerprint density at radius 3 is 2.68 bits per heavy atom. The topological polar surface area (TPSA) is 41.1 Å². The molecule has 6 heteroatoms. The lowest BCUT2D eigenvalue weighted by Crippen LogP contribution is -2.38. The van der Waals surface area contributed by atoms with E-state index in [9.17, 15) is 13.6 Å². The maximum absolute atomic E-state index is 13.5. The Kier molecular flexibility index (Phi) is 6.02. The highest BCUT2D eigenvalue weighted by Gasteiger charge is 2.17. The standard InChI is InChI=1S/C13H17ClF2N2O/c1-3-4-5-17-13(19)8(2)18-12-10(14)6-9(15)7-11(12)16/h6-8,18H,3-5H2,1-2H3,(H,17,19). The summed E-state index contributed by atoms with van der Waals surface area (Å²) < 4.78 is 26.4. The maximum Gasteiger partial charge on any atom is 0.242 e. The first-order chi connectivity index (χ1) is 8.95. The predicted molar refractivity (Wildman–Crippen MR) is 72.4 cm³/mol. The molecule has 1 unspecified atom stereocenters. The molecule has 0 aliphatic rings. The monoisotopic (exact) mass is 290 g/mol. The SMILES string of the molecule is CCCCNC(=O)C(C)Nc1c(F)cc(F)cc1Cl. The zero-order chi connectivity index (χ0) is 14.4. The molecule has 0 spiro atoms. The summed E-state index contributed by atoms with van der Waals surface area (Å²) in [4.78, 5) is 11.7. The second-order valence-electron chi connectivity index (χ2n) is 4.26. The number of nitrogens with one attached hydrogen (secondary N) is 2. The van der Waals surface area contributed by atoms with Crippen LogP contribution in [0.25, 0.3) is 0 Å². The van der Waals surface area contributed by atoms with E-state index in [4.69, 9.17) is 11.6 Å². The highest BCUT2D eigenvalue weighted by atomic mass is 35.5. The number of carbonyl (C=O) groups is 1. The molecule has 1 amide bonds. The van der Waals surface area contributed by atoms with Gasteiger partial charge in [-0.15, -0.1) is 0 Å². The molecule has 0 aliphatic heterocycles. The summed E-state index contributed by atoms with van der Waals surface area (Å²) in [5.41, 5.74) is -0.0683. The number of hydrogen-bond acceptors (Lipinski definition) is 2. The van der Waals surface area contributed by atoms with E-state index in [1.807, 2.05) is 6.92 Å². The molecule has 0 bridgehead atoms. The first kappa shape index (κ1) is 15.7. The van der Waals surface area contributed by atoms with Crippen LogP contribution in [0.15, 0.2) is 12.1 Å². The fourth-order valence-corrected chi connectivity index (χ4v) is 1.75. The molecule has 0 saturated heterocycles. The average Bonchev–Trinajstić information content (AvgIpc) is 2.33. The average molecular weight is 291 g/mol. The van der Waals surface area contributed by atoms with Crippen LogP contribution in [-0.4, -0.2) is 18.5 Å².